The minimum absolute atomic E-state index is 0.682. The van der Waals surface area contributed by atoms with Gasteiger partial charge in [0.1, 0.15) is 23.2 Å². The van der Waals surface area contributed by atoms with Crippen LogP contribution < -0.4 is 15.4 Å². The molecule has 0 aliphatic heterocycles. The van der Waals surface area contributed by atoms with Crippen LogP contribution in [0.25, 0.3) is 0 Å². The molecule has 112 valence electrons. The van der Waals surface area contributed by atoms with Crippen LogP contribution in [-0.4, -0.2) is 30.2 Å². The average molecular weight is 286 g/mol. The SMILES string of the molecule is CCc1nc(NC)cc(NCCCOc2ccccc2)n1. The molecule has 0 unspecified atom stereocenters. The quantitative estimate of drug-likeness (QED) is 0.731. The Morgan fingerprint density at radius 2 is 1.86 bits per heavy atom. The third-order valence-corrected chi connectivity index (χ3v) is 2.98. The highest BCUT2D eigenvalue weighted by Crippen LogP contribution is 2.12. The summed E-state index contributed by atoms with van der Waals surface area (Å²) in [6.07, 6.45) is 1.73. The highest BCUT2D eigenvalue weighted by Gasteiger charge is 2.02. The summed E-state index contributed by atoms with van der Waals surface area (Å²) in [5.74, 6) is 3.44. The number of hydrogen-bond donors (Lipinski definition) is 2. The van der Waals surface area contributed by atoms with E-state index in [-0.39, 0.29) is 0 Å². The molecule has 21 heavy (non-hydrogen) atoms. The third-order valence-electron chi connectivity index (χ3n) is 2.98. The molecule has 2 aromatic rings. The first-order valence-corrected chi connectivity index (χ1v) is 7.29. The number of aromatic nitrogens is 2. The van der Waals surface area contributed by atoms with Crippen molar-refractivity contribution in [2.75, 3.05) is 30.8 Å². The summed E-state index contributed by atoms with van der Waals surface area (Å²) in [6, 6.07) is 11.8. The van der Waals surface area contributed by atoms with Crippen LogP contribution in [0.15, 0.2) is 36.4 Å². The fraction of sp³-hybridized carbons (Fsp3) is 0.375. The standard InChI is InChI=1S/C16H22N4O/c1-3-14-19-15(17-2)12-16(20-14)18-10-7-11-21-13-8-5-4-6-9-13/h4-6,8-9,12H,3,7,10-11H2,1-2H3,(H2,17,18,19,20). The van der Waals surface area contributed by atoms with E-state index in [9.17, 15) is 0 Å². The van der Waals surface area contributed by atoms with Gasteiger partial charge >= 0.3 is 0 Å². The maximum Gasteiger partial charge on any atom is 0.132 e. The van der Waals surface area contributed by atoms with Crippen molar-refractivity contribution in [3.05, 3.63) is 42.2 Å². The van der Waals surface area contributed by atoms with E-state index in [4.69, 9.17) is 4.74 Å². The second kappa shape index (κ2) is 8.09. The molecule has 1 aromatic heterocycles. The highest BCUT2D eigenvalue weighted by atomic mass is 16.5. The zero-order valence-electron chi connectivity index (χ0n) is 12.6. The van der Waals surface area contributed by atoms with Gasteiger partial charge in [0.25, 0.3) is 0 Å². The number of rotatable bonds is 8. The number of para-hydroxylation sites is 1. The fourth-order valence-corrected chi connectivity index (χ4v) is 1.87. The largest absolute Gasteiger partial charge is 0.494 e. The molecule has 2 rings (SSSR count). The first-order valence-electron chi connectivity index (χ1n) is 7.29. The summed E-state index contributed by atoms with van der Waals surface area (Å²) in [5.41, 5.74) is 0. The lowest BCUT2D eigenvalue weighted by Gasteiger charge is -2.10. The highest BCUT2D eigenvalue weighted by molar-refractivity contribution is 5.47. The van der Waals surface area contributed by atoms with Crippen molar-refractivity contribution in [2.45, 2.75) is 19.8 Å². The molecule has 0 aliphatic rings. The molecular formula is C16H22N4O. The number of nitrogens with zero attached hydrogens (tertiary/aromatic N) is 2. The van der Waals surface area contributed by atoms with Crippen LogP contribution >= 0.6 is 0 Å². The minimum Gasteiger partial charge on any atom is -0.494 e. The van der Waals surface area contributed by atoms with Crippen molar-refractivity contribution in [1.82, 2.24) is 9.97 Å². The Morgan fingerprint density at radius 3 is 2.57 bits per heavy atom. The second-order valence-electron chi connectivity index (χ2n) is 4.60. The number of benzene rings is 1. The third kappa shape index (κ3) is 4.95. The summed E-state index contributed by atoms with van der Waals surface area (Å²) < 4.78 is 5.65. The molecule has 0 aliphatic carbocycles. The van der Waals surface area contributed by atoms with E-state index in [0.717, 1.165) is 42.6 Å². The van der Waals surface area contributed by atoms with Crippen molar-refractivity contribution < 1.29 is 4.74 Å². The van der Waals surface area contributed by atoms with Gasteiger partial charge in [-0.15, -0.1) is 0 Å². The van der Waals surface area contributed by atoms with E-state index in [2.05, 4.69) is 20.6 Å². The lowest BCUT2D eigenvalue weighted by molar-refractivity contribution is 0.315. The van der Waals surface area contributed by atoms with Crippen molar-refractivity contribution in [3.8, 4) is 5.75 Å². The summed E-state index contributed by atoms with van der Waals surface area (Å²) >= 11 is 0. The maximum absolute atomic E-state index is 5.65. The zero-order valence-corrected chi connectivity index (χ0v) is 12.6. The fourth-order valence-electron chi connectivity index (χ4n) is 1.87. The molecule has 5 heteroatoms. The van der Waals surface area contributed by atoms with Crippen molar-refractivity contribution in [1.29, 1.82) is 0 Å². The van der Waals surface area contributed by atoms with Crippen LogP contribution in [0.3, 0.4) is 0 Å². The first kappa shape index (κ1) is 15.1. The molecule has 5 nitrogen and oxygen atoms in total. The molecule has 1 aromatic carbocycles. The Bertz CT molecular complexity index is 523. The molecule has 0 amide bonds. The molecular weight excluding hydrogens is 264 g/mol. The van der Waals surface area contributed by atoms with Gasteiger partial charge in [0, 0.05) is 26.1 Å². The zero-order chi connectivity index (χ0) is 14.9. The predicted molar refractivity (Wildman–Crippen MR) is 86.0 cm³/mol. The smallest absolute Gasteiger partial charge is 0.132 e. The molecule has 2 N–H and O–H groups in total. The maximum atomic E-state index is 5.65. The van der Waals surface area contributed by atoms with Gasteiger partial charge in [-0.05, 0) is 18.6 Å². The number of anilines is 2. The average Bonchev–Trinajstić information content (AvgIpc) is 2.55. The molecule has 0 bridgehead atoms. The molecule has 0 radical (unpaired) electrons. The summed E-state index contributed by atoms with van der Waals surface area (Å²) in [6.45, 7) is 3.55. The molecule has 0 fully saturated rings. The number of ether oxygens (including phenoxy) is 1. The Morgan fingerprint density at radius 1 is 1.10 bits per heavy atom. The normalized spacial score (nSPS) is 10.2. The minimum atomic E-state index is 0.682. The van der Waals surface area contributed by atoms with Gasteiger partial charge in [0.2, 0.25) is 0 Å². The van der Waals surface area contributed by atoms with Crippen LogP contribution in [0.1, 0.15) is 19.2 Å². The first-order chi connectivity index (χ1) is 10.3. The molecule has 0 spiro atoms. The summed E-state index contributed by atoms with van der Waals surface area (Å²) in [4.78, 5) is 8.82. The van der Waals surface area contributed by atoms with E-state index in [0.29, 0.717) is 6.61 Å². The van der Waals surface area contributed by atoms with Gasteiger partial charge in [0.05, 0.1) is 6.61 Å². The van der Waals surface area contributed by atoms with E-state index in [1.807, 2.05) is 50.4 Å². The van der Waals surface area contributed by atoms with E-state index in [1.54, 1.807) is 0 Å². The van der Waals surface area contributed by atoms with Crippen LogP contribution in [-0.2, 0) is 6.42 Å². The van der Waals surface area contributed by atoms with E-state index >= 15 is 0 Å². The van der Waals surface area contributed by atoms with Gasteiger partial charge in [-0.1, -0.05) is 25.1 Å². The number of aryl methyl sites for hydroxylation is 1. The lowest BCUT2D eigenvalue weighted by Crippen LogP contribution is -2.10. The van der Waals surface area contributed by atoms with Crippen molar-refractivity contribution >= 4 is 11.6 Å². The van der Waals surface area contributed by atoms with E-state index < -0.39 is 0 Å². The Hall–Kier alpha value is -2.30. The second-order valence-corrected chi connectivity index (χ2v) is 4.60. The molecule has 1 heterocycles. The van der Waals surface area contributed by atoms with Gasteiger partial charge in [-0.3, -0.25) is 0 Å². The monoisotopic (exact) mass is 286 g/mol. The Balaban J connectivity index is 1.75. The van der Waals surface area contributed by atoms with Crippen molar-refractivity contribution in [3.63, 3.8) is 0 Å². The van der Waals surface area contributed by atoms with Gasteiger partial charge in [-0.25, -0.2) is 9.97 Å². The van der Waals surface area contributed by atoms with Crippen LogP contribution in [0.4, 0.5) is 11.6 Å². The van der Waals surface area contributed by atoms with Gasteiger partial charge < -0.3 is 15.4 Å². The van der Waals surface area contributed by atoms with Gasteiger partial charge in [-0.2, -0.15) is 0 Å². The summed E-state index contributed by atoms with van der Waals surface area (Å²) in [7, 11) is 1.86. The lowest BCUT2D eigenvalue weighted by atomic mass is 10.3. The number of nitrogens with one attached hydrogen (secondary N) is 2. The van der Waals surface area contributed by atoms with E-state index in [1.165, 1.54) is 0 Å². The Labute approximate surface area is 125 Å². The molecule has 0 saturated carbocycles. The van der Waals surface area contributed by atoms with Crippen LogP contribution in [0.5, 0.6) is 5.75 Å². The van der Waals surface area contributed by atoms with Gasteiger partial charge in [0.15, 0.2) is 0 Å². The molecule has 0 saturated heterocycles. The number of hydrogen-bond acceptors (Lipinski definition) is 5. The molecule has 0 atom stereocenters. The van der Waals surface area contributed by atoms with Crippen LogP contribution in [0.2, 0.25) is 0 Å². The summed E-state index contributed by atoms with van der Waals surface area (Å²) in [5, 5.41) is 6.36. The predicted octanol–water partition coefficient (Wildman–Crippen LogP) is 2.96. The van der Waals surface area contributed by atoms with Crippen molar-refractivity contribution in [2.24, 2.45) is 0 Å². The Kier molecular flexibility index (Phi) is 5.82. The van der Waals surface area contributed by atoms with Crippen LogP contribution in [0, 0.1) is 0 Å². The topological polar surface area (TPSA) is 59.1 Å².